The van der Waals surface area contributed by atoms with E-state index in [9.17, 15) is 4.79 Å². The van der Waals surface area contributed by atoms with Crippen molar-refractivity contribution < 1.29 is 4.79 Å². The molecule has 0 radical (unpaired) electrons. The Bertz CT molecular complexity index is 699. The van der Waals surface area contributed by atoms with Crippen LogP contribution in [0, 0.1) is 5.41 Å². The lowest BCUT2D eigenvalue weighted by atomic mass is 10.2. The molecule has 0 saturated carbocycles. The Morgan fingerprint density at radius 2 is 2.24 bits per heavy atom. The number of allylic oxidation sites excluding steroid dienone is 1. The van der Waals surface area contributed by atoms with Crippen LogP contribution in [0.5, 0.6) is 0 Å². The van der Waals surface area contributed by atoms with Gasteiger partial charge in [-0.05, 0) is 12.1 Å². The molecule has 1 aliphatic heterocycles. The van der Waals surface area contributed by atoms with Crippen molar-refractivity contribution >= 4 is 23.1 Å². The predicted molar refractivity (Wildman–Crippen MR) is 63.4 cm³/mol. The Kier molecular flexibility index (Phi) is 2.04. The van der Waals surface area contributed by atoms with Crippen LogP contribution in [-0.2, 0) is 11.3 Å². The molecule has 0 saturated heterocycles. The molecule has 84 valence electrons. The smallest absolute Gasteiger partial charge is 0.209 e. The monoisotopic (exact) mass is 226 g/mol. The van der Waals surface area contributed by atoms with Crippen LogP contribution in [0.25, 0.3) is 10.9 Å². The summed E-state index contributed by atoms with van der Waals surface area (Å²) in [5.41, 5.74) is 1.75. The van der Waals surface area contributed by atoms with Gasteiger partial charge in [0.1, 0.15) is 11.8 Å². The summed E-state index contributed by atoms with van der Waals surface area (Å²) in [7, 11) is 0. The number of aldehydes is 1. The number of anilines is 1. The second-order valence-electron chi connectivity index (χ2n) is 3.87. The van der Waals surface area contributed by atoms with Gasteiger partial charge in [0, 0.05) is 17.2 Å². The number of fused-ring (bicyclic) bond motifs is 2. The minimum Gasteiger partial charge on any atom is -0.332 e. The molecule has 2 aromatic rings. The lowest BCUT2D eigenvalue weighted by Crippen LogP contribution is -2.28. The number of nitrogens with one attached hydrogen (secondary N) is 2. The number of benzene rings is 1. The molecule has 5 nitrogen and oxygen atoms in total. The van der Waals surface area contributed by atoms with E-state index < -0.39 is 0 Å². The zero-order valence-corrected chi connectivity index (χ0v) is 8.97. The van der Waals surface area contributed by atoms with Gasteiger partial charge in [-0.15, -0.1) is 0 Å². The highest BCUT2D eigenvalue weighted by atomic mass is 16.1. The Balaban J connectivity index is 2.30. The number of para-hydroxylation sites is 1. The molecule has 5 heteroatoms. The normalized spacial score (nSPS) is 13.8. The van der Waals surface area contributed by atoms with Crippen molar-refractivity contribution in [2.45, 2.75) is 6.54 Å². The zero-order valence-electron chi connectivity index (χ0n) is 8.97. The number of aromatic nitrogens is 2. The molecule has 3 rings (SSSR count). The first-order chi connectivity index (χ1) is 8.29. The lowest BCUT2D eigenvalue weighted by molar-refractivity contribution is -0.105. The molecule has 0 aliphatic carbocycles. The molecule has 0 spiro atoms. The fourth-order valence-corrected chi connectivity index (χ4v) is 1.92. The summed E-state index contributed by atoms with van der Waals surface area (Å²) in [6.45, 7) is 0.391. The van der Waals surface area contributed by atoms with E-state index >= 15 is 0 Å². The van der Waals surface area contributed by atoms with Crippen LogP contribution in [0.2, 0.25) is 0 Å². The van der Waals surface area contributed by atoms with E-state index in [0.29, 0.717) is 23.6 Å². The van der Waals surface area contributed by atoms with Gasteiger partial charge < -0.3 is 5.32 Å². The Morgan fingerprint density at radius 1 is 1.41 bits per heavy atom. The summed E-state index contributed by atoms with van der Waals surface area (Å²) in [4.78, 5) is 15.2. The molecule has 2 N–H and O–H groups in total. The third kappa shape index (κ3) is 1.44. The van der Waals surface area contributed by atoms with Gasteiger partial charge in [-0.2, -0.15) is 0 Å². The molecule has 0 unspecified atom stereocenters. The molecule has 1 aromatic heterocycles. The maximum absolute atomic E-state index is 10.7. The van der Waals surface area contributed by atoms with Crippen LogP contribution in [0.4, 0.5) is 5.95 Å². The van der Waals surface area contributed by atoms with Crippen molar-refractivity contribution in [3.05, 3.63) is 41.5 Å². The van der Waals surface area contributed by atoms with Gasteiger partial charge in [0.2, 0.25) is 5.95 Å². The number of carbonyl (C=O) groups is 1. The van der Waals surface area contributed by atoms with Crippen molar-refractivity contribution in [3.8, 4) is 0 Å². The maximum atomic E-state index is 10.7. The molecule has 2 heterocycles. The predicted octanol–water partition coefficient (Wildman–Crippen LogP) is 1.02. The number of carbonyl (C=O) groups excluding carboxylic acids is 1. The largest absolute Gasteiger partial charge is 0.332 e. The van der Waals surface area contributed by atoms with Gasteiger partial charge in [-0.1, -0.05) is 12.1 Å². The average molecular weight is 226 g/mol. The number of hydrogen-bond acceptors (Lipinski definition) is 4. The quantitative estimate of drug-likeness (QED) is 0.713. The van der Waals surface area contributed by atoms with Gasteiger partial charge in [-0.25, -0.2) is 4.98 Å². The topological polar surface area (TPSA) is 70.8 Å². The van der Waals surface area contributed by atoms with Gasteiger partial charge in [0.15, 0.2) is 0 Å². The molecule has 1 aliphatic rings. The standard InChI is InChI=1S/C12H10N4O/c13-11-9-3-1-2-4-10(9)15-12-14-5-8(7-17)6-16(11)12/h1-5,7,13H,6H2,(H,14,15). The number of nitrogens with zero attached hydrogens (tertiary/aromatic N) is 2. The molecule has 17 heavy (non-hydrogen) atoms. The van der Waals surface area contributed by atoms with Crippen molar-refractivity contribution in [3.63, 3.8) is 0 Å². The summed E-state index contributed by atoms with van der Waals surface area (Å²) < 4.78 is 1.69. The van der Waals surface area contributed by atoms with Crippen LogP contribution >= 0.6 is 0 Å². The van der Waals surface area contributed by atoms with Crippen LogP contribution in [0.3, 0.4) is 0 Å². The molecule has 0 bridgehead atoms. The molecule has 0 atom stereocenters. The van der Waals surface area contributed by atoms with Crippen LogP contribution in [0.15, 0.2) is 36.0 Å². The summed E-state index contributed by atoms with van der Waals surface area (Å²) in [5, 5.41) is 11.8. The van der Waals surface area contributed by atoms with E-state index in [-0.39, 0.29) is 0 Å². The van der Waals surface area contributed by atoms with Crippen LogP contribution < -0.4 is 10.8 Å². The molecular weight excluding hydrogens is 216 g/mol. The van der Waals surface area contributed by atoms with E-state index in [1.165, 1.54) is 0 Å². The molecular formula is C12H10N4O. The van der Waals surface area contributed by atoms with Crippen molar-refractivity contribution in [2.24, 2.45) is 0 Å². The van der Waals surface area contributed by atoms with E-state index in [4.69, 9.17) is 5.41 Å². The highest BCUT2D eigenvalue weighted by molar-refractivity contribution is 5.80. The van der Waals surface area contributed by atoms with Crippen LogP contribution in [0.1, 0.15) is 0 Å². The second kappa shape index (κ2) is 3.55. The van der Waals surface area contributed by atoms with Gasteiger partial charge in [0.05, 0.1) is 12.1 Å². The summed E-state index contributed by atoms with van der Waals surface area (Å²) in [6.07, 6.45) is 2.42. The first kappa shape index (κ1) is 9.77. The van der Waals surface area contributed by atoms with E-state index in [0.717, 1.165) is 17.2 Å². The van der Waals surface area contributed by atoms with Gasteiger partial charge in [0.25, 0.3) is 0 Å². The first-order valence-electron chi connectivity index (χ1n) is 5.24. The highest BCUT2D eigenvalue weighted by Crippen LogP contribution is 2.15. The summed E-state index contributed by atoms with van der Waals surface area (Å²) in [5.74, 6) is 0.597. The third-order valence-electron chi connectivity index (χ3n) is 2.79. The zero-order chi connectivity index (χ0) is 11.8. The minimum atomic E-state index is 0.366. The van der Waals surface area contributed by atoms with E-state index in [2.05, 4.69) is 10.3 Å². The first-order valence-corrected chi connectivity index (χ1v) is 5.24. The average Bonchev–Trinajstić information content (AvgIpc) is 2.39. The lowest BCUT2D eigenvalue weighted by Gasteiger charge is -2.18. The number of hydrogen-bond donors (Lipinski definition) is 2. The fraction of sp³-hybridized carbons (Fsp3) is 0.0833. The Morgan fingerprint density at radius 3 is 3.06 bits per heavy atom. The molecule has 0 amide bonds. The SMILES string of the molecule is N=c1c2ccccc2nc2n1CC(C=O)=CN2. The Hall–Kier alpha value is -2.43. The van der Waals surface area contributed by atoms with Gasteiger partial charge in [-0.3, -0.25) is 14.8 Å². The molecule has 1 aromatic carbocycles. The second-order valence-corrected chi connectivity index (χ2v) is 3.87. The van der Waals surface area contributed by atoms with E-state index in [1.807, 2.05) is 24.3 Å². The minimum absolute atomic E-state index is 0.366. The molecule has 0 fully saturated rings. The van der Waals surface area contributed by atoms with Crippen LogP contribution in [-0.4, -0.2) is 15.8 Å². The van der Waals surface area contributed by atoms with Gasteiger partial charge >= 0.3 is 0 Å². The number of rotatable bonds is 1. The third-order valence-corrected chi connectivity index (χ3v) is 2.79. The highest BCUT2D eigenvalue weighted by Gasteiger charge is 2.13. The maximum Gasteiger partial charge on any atom is 0.209 e. The summed E-state index contributed by atoms with van der Waals surface area (Å²) >= 11 is 0. The Labute approximate surface area is 96.9 Å². The summed E-state index contributed by atoms with van der Waals surface area (Å²) in [6, 6.07) is 7.49. The van der Waals surface area contributed by atoms with Crippen molar-refractivity contribution in [1.82, 2.24) is 9.55 Å². The fourth-order valence-electron chi connectivity index (χ4n) is 1.92. The van der Waals surface area contributed by atoms with Crippen molar-refractivity contribution in [2.75, 3.05) is 5.32 Å². The van der Waals surface area contributed by atoms with E-state index in [1.54, 1.807) is 10.8 Å². The van der Waals surface area contributed by atoms with Crippen molar-refractivity contribution in [1.29, 1.82) is 5.41 Å².